The first-order valence-corrected chi connectivity index (χ1v) is 6.37. The zero-order chi connectivity index (χ0) is 12.3. The molecule has 1 saturated carbocycles. The van der Waals surface area contributed by atoms with E-state index in [9.17, 15) is 4.39 Å². The van der Waals surface area contributed by atoms with Gasteiger partial charge in [0.1, 0.15) is 5.82 Å². The van der Waals surface area contributed by atoms with Crippen molar-refractivity contribution in [3.8, 4) is 0 Å². The molecule has 1 aliphatic carbocycles. The molecule has 2 nitrogen and oxygen atoms in total. The zero-order valence-corrected chi connectivity index (χ0v) is 10.4. The van der Waals surface area contributed by atoms with E-state index in [0.717, 1.165) is 18.8 Å². The monoisotopic (exact) mass is 236 g/mol. The Kier molecular flexibility index (Phi) is 4.00. The van der Waals surface area contributed by atoms with Gasteiger partial charge in [0.05, 0.1) is 0 Å². The van der Waals surface area contributed by atoms with Crippen molar-refractivity contribution in [3.05, 3.63) is 30.1 Å². The summed E-state index contributed by atoms with van der Waals surface area (Å²) >= 11 is 0. The van der Waals surface area contributed by atoms with Gasteiger partial charge in [0.25, 0.3) is 0 Å². The predicted octanol–water partition coefficient (Wildman–Crippen LogP) is 2.64. The molecule has 2 atom stereocenters. The van der Waals surface area contributed by atoms with Crippen molar-refractivity contribution in [1.29, 1.82) is 0 Å². The van der Waals surface area contributed by atoms with Crippen LogP contribution in [0.25, 0.3) is 0 Å². The highest BCUT2D eigenvalue weighted by molar-refractivity contribution is 5.45. The summed E-state index contributed by atoms with van der Waals surface area (Å²) in [5.41, 5.74) is 6.87. The van der Waals surface area contributed by atoms with Gasteiger partial charge < -0.3 is 10.6 Å². The highest BCUT2D eigenvalue weighted by atomic mass is 19.1. The third-order valence-electron chi connectivity index (χ3n) is 3.90. The number of halogens is 1. The molecule has 0 aromatic heterocycles. The Labute approximate surface area is 103 Å². The van der Waals surface area contributed by atoms with Crippen molar-refractivity contribution in [2.75, 3.05) is 25.0 Å². The number of nitrogens with two attached hydrogens (primary N) is 1. The maximum atomic E-state index is 12.8. The number of benzene rings is 1. The fourth-order valence-corrected chi connectivity index (χ4v) is 2.82. The second kappa shape index (κ2) is 5.50. The van der Waals surface area contributed by atoms with E-state index in [4.69, 9.17) is 5.73 Å². The molecule has 2 N–H and O–H groups in total. The summed E-state index contributed by atoms with van der Waals surface area (Å²) < 4.78 is 12.8. The normalized spacial score (nSPS) is 23.9. The van der Waals surface area contributed by atoms with E-state index in [2.05, 4.69) is 11.9 Å². The molecule has 0 radical (unpaired) electrons. The minimum absolute atomic E-state index is 0.178. The van der Waals surface area contributed by atoms with Gasteiger partial charge in [0.15, 0.2) is 0 Å². The van der Waals surface area contributed by atoms with Crippen LogP contribution >= 0.6 is 0 Å². The van der Waals surface area contributed by atoms with Crippen molar-refractivity contribution in [1.82, 2.24) is 0 Å². The van der Waals surface area contributed by atoms with Gasteiger partial charge in [-0.3, -0.25) is 0 Å². The van der Waals surface area contributed by atoms with Gasteiger partial charge in [-0.15, -0.1) is 0 Å². The van der Waals surface area contributed by atoms with Gasteiger partial charge in [-0.1, -0.05) is 6.42 Å². The molecule has 0 amide bonds. The van der Waals surface area contributed by atoms with Crippen molar-refractivity contribution < 1.29 is 4.39 Å². The first kappa shape index (κ1) is 12.4. The van der Waals surface area contributed by atoms with Gasteiger partial charge in [-0.05, 0) is 55.5 Å². The standard InChI is InChI=1S/C14H21FN2/c1-17(14-7-5-13(15)6-8-14)10-12-4-2-3-11(12)9-16/h5-8,11-12H,2-4,9-10,16H2,1H3. The molecule has 0 bridgehead atoms. The van der Waals surface area contributed by atoms with Gasteiger partial charge in [0.2, 0.25) is 0 Å². The summed E-state index contributed by atoms with van der Waals surface area (Å²) in [4.78, 5) is 2.21. The topological polar surface area (TPSA) is 29.3 Å². The summed E-state index contributed by atoms with van der Waals surface area (Å²) in [5, 5.41) is 0. The number of nitrogens with zero attached hydrogens (tertiary/aromatic N) is 1. The Hall–Kier alpha value is -1.09. The van der Waals surface area contributed by atoms with Crippen molar-refractivity contribution in [2.45, 2.75) is 19.3 Å². The van der Waals surface area contributed by atoms with Gasteiger partial charge >= 0.3 is 0 Å². The van der Waals surface area contributed by atoms with Crippen molar-refractivity contribution in [3.63, 3.8) is 0 Å². The lowest BCUT2D eigenvalue weighted by Crippen LogP contribution is -2.30. The van der Waals surface area contributed by atoms with Crippen LogP contribution in [-0.4, -0.2) is 20.1 Å². The van der Waals surface area contributed by atoms with E-state index in [1.165, 1.54) is 31.4 Å². The number of rotatable bonds is 4. The van der Waals surface area contributed by atoms with E-state index in [-0.39, 0.29) is 5.82 Å². The molecule has 94 valence electrons. The van der Waals surface area contributed by atoms with E-state index in [1.54, 1.807) is 0 Å². The molecule has 1 aliphatic rings. The Balaban J connectivity index is 1.96. The highest BCUT2D eigenvalue weighted by Crippen LogP contribution is 2.32. The Morgan fingerprint density at radius 3 is 2.53 bits per heavy atom. The molecule has 1 fully saturated rings. The first-order valence-electron chi connectivity index (χ1n) is 6.37. The summed E-state index contributed by atoms with van der Waals surface area (Å²) in [6.07, 6.45) is 3.83. The van der Waals surface area contributed by atoms with Crippen LogP contribution in [0.2, 0.25) is 0 Å². The SMILES string of the molecule is CN(CC1CCCC1CN)c1ccc(F)cc1. The molecule has 0 heterocycles. The lowest BCUT2D eigenvalue weighted by Gasteiger charge is -2.26. The number of anilines is 1. The summed E-state index contributed by atoms with van der Waals surface area (Å²) in [6, 6.07) is 6.70. The van der Waals surface area contributed by atoms with E-state index in [0.29, 0.717) is 11.8 Å². The molecule has 2 unspecified atom stereocenters. The molecule has 0 spiro atoms. The molecule has 0 saturated heterocycles. The van der Waals surface area contributed by atoms with Crippen LogP contribution in [0.3, 0.4) is 0 Å². The fraction of sp³-hybridized carbons (Fsp3) is 0.571. The second-order valence-corrected chi connectivity index (χ2v) is 5.04. The molecule has 1 aromatic carbocycles. The van der Waals surface area contributed by atoms with E-state index in [1.807, 2.05) is 12.1 Å². The average Bonchev–Trinajstić information content (AvgIpc) is 2.77. The number of hydrogen-bond donors (Lipinski definition) is 1. The Morgan fingerprint density at radius 2 is 1.88 bits per heavy atom. The summed E-state index contributed by atoms with van der Waals surface area (Å²) in [7, 11) is 2.07. The lowest BCUT2D eigenvalue weighted by molar-refractivity contribution is 0.400. The van der Waals surface area contributed by atoms with Gasteiger partial charge in [0, 0.05) is 19.3 Å². The predicted molar refractivity (Wildman–Crippen MR) is 69.6 cm³/mol. The van der Waals surface area contributed by atoms with Crippen LogP contribution in [0.1, 0.15) is 19.3 Å². The van der Waals surface area contributed by atoms with E-state index < -0.39 is 0 Å². The molecule has 1 aromatic rings. The third-order valence-corrected chi connectivity index (χ3v) is 3.90. The molecule has 3 heteroatoms. The van der Waals surface area contributed by atoms with Crippen LogP contribution < -0.4 is 10.6 Å². The zero-order valence-electron chi connectivity index (χ0n) is 10.4. The first-order chi connectivity index (χ1) is 8.20. The average molecular weight is 236 g/mol. The maximum Gasteiger partial charge on any atom is 0.123 e. The lowest BCUT2D eigenvalue weighted by atomic mass is 9.95. The van der Waals surface area contributed by atoms with Gasteiger partial charge in [-0.25, -0.2) is 4.39 Å². The van der Waals surface area contributed by atoms with E-state index >= 15 is 0 Å². The minimum atomic E-state index is -0.178. The van der Waals surface area contributed by atoms with Crippen LogP contribution in [0.15, 0.2) is 24.3 Å². The third kappa shape index (κ3) is 2.97. The highest BCUT2D eigenvalue weighted by Gasteiger charge is 2.26. The van der Waals surface area contributed by atoms with Crippen LogP contribution in [0, 0.1) is 17.7 Å². The molecule has 17 heavy (non-hydrogen) atoms. The van der Waals surface area contributed by atoms with Crippen LogP contribution in [0.4, 0.5) is 10.1 Å². The Morgan fingerprint density at radius 1 is 1.24 bits per heavy atom. The summed E-state index contributed by atoms with van der Waals surface area (Å²) in [5.74, 6) is 1.18. The molecular formula is C14H21FN2. The largest absolute Gasteiger partial charge is 0.374 e. The maximum absolute atomic E-state index is 12.8. The van der Waals surface area contributed by atoms with Crippen LogP contribution in [-0.2, 0) is 0 Å². The summed E-state index contributed by atoms with van der Waals surface area (Å²) in [6.45, 7) is 1.81. The van der Waals surface area contributed by atoms with Crippen LogP contribution in [0.5, 0.6) is 0 Å². The quantitative estimate of drug-likeness (QED) is 0.870. The number of hydrogen-bond acceptors (Lipinski definition) is 2. The minimum Gasteiger partial charge on any atom is -0.374 e. The fourth-order valence-electron chi connectivity index (χ4n) is 2.82. The van der Waals surface area contributed by atoms with Crippen molar-refractivity contribution >= 4 is 5.69 Å². The Bertz CT molecular complexity index is 350. The van der Waals surface area contributed by atoms with Gasteiger partial charge in [-0.2, -0.15) is 0 Å². The second-order valence-electron chi connectivity index (χ2n) is 5.04. The molecular weight excluding hydrogens is 215 g/mol. The molecule has 0 aliphatic heterocycles. The smallest absolute Gasteiger partial charge is 0.123 e. The molecule has 2 rings (SSSR count). The van der Waals surface area contributed by atoms with Crippen molar-refractivity contribution in [2.24, 2.45) is 17.6 Å².